The van der Waals surface area contributed by atoms with E-state index >= 15 is 0 Å². The van der Waals surface area contributed by atoms with Crippen LogP contribution in [-0.2, 0) is 16.0 Å². The van der Waals surface area contributed by atoms with Crippen molar-refractivity contribution in [1.29, 1.82) is 0 Å². The number of aryl methyl sites for hydroxylation is 1. The van der Waals surface area contributed by atoms with Gasteiger partial charge in [0, 0.05) is 12.2 Å². The number of amides is 2. The number of rotatable bonds is 8. The third kappa shape index (κ3) is 5.48. The van der Waals surface area contributed by atoms with E-state index in [-0.39, 0.29) is 24.8 Å². The summed E-state index contributed by atoms with van der Waals surface area (Å²) in [7, 11) is 3.11. The molecule has 0 fully saturated rings. The largest absolute Gasteiger partial charge is 0.493 e. The van der Waals surface area contributed by atoms with Crippen LogP contribution in [0.25, 0.3) is 0 Å². The summed E-state index contributed by atoms with van der Waals surface area (Å²) in [5, 5.41) is 2.69. The van der Waals surface area contributed by atoms with Crippen molar-refractivity contribution in [3.63, 3.8) is 0 Å². The summed E-state index contributed by atoms with van der Waals surface area (Å²) >= 11 is 0. The molecule has 0 aliphatic heterocycles. The van der Waals surface area contributed by atoms with Crippen molar-refractivity contribution in [2.45, 2.75) is 20.3 Å². The number of hydrogen-bond donors (Lipinski definition) is 1. The first-order valence-corrected chi connectivity index (χ1v) is 8.83. The highest BCUT2D eigenvalue weighted by Gasteiger charge is 2.15. The lowest BCUT2D eigenvalue weighted by Crippen LogP contribution is -2.40. The van der Waals surface area contributed by atoms with E-state index in [0.29, 0.717) is 18.0 Å². The molecule has 0 saturated carbocycles. The van der Waals surface area contributed by atoms with E-state index in [9.17, 15) is 9.59 Å². The monoisotopic (exact) mass is 370 g/mol. The smallest absolute Gasteiger partial charge is 0.246 e. The molecule has 0 aromatic heterocycles. The molecular formula is C21H26N2O4. The summed E-state index contributed by atoms with van der Waals surface area (Å²) in [5.41, 5.74) is 2.69. The molecular weight excluding hydrogens is 344 g/mol. The van der Waals surface area contributed by atoms with Crippen molar-refractivity contribution in [3.05, 3.63) is 53.6 Å². The third-order valence-corrected chi connectivity index (χ3v) is 4.18. The summed E-state index contributed by atoms with van der Waals surface area (Å²) in [6, 6.07) is 13.0. The number of nitrogens with zero attached hydrogens (tertiary/aromatic N) is 1. The molecule has 0 aliphatic carbocycles. The second-order valence-corrected chi connectivity index (χ2v) is 6.12. The average molecular weight is 370 g/mol. The minimum Gasteiger partial charge on any atom is -0.493 e. The first-order valence-electron chi connectivity index (χ1n) is 8.83. The van der Waals surface area contributed by atoms with Crippen LogP contribution in [0.5, 0.6) is 11.5 Å². The maximum atomic E-state index is 12.5. The Balaban J connectivity index is 1.95. The van der Waals surface area contributed by atoms with Crippen molar-refractivity contribution in [2.75, 3.05) is 32.2 Å². The van der Waals surface area contributed by atoms with Gasteiger partial charge in [0.25, 0.3) is 0 Å². The molecule has 6 heteroatoms. The Bertz CT molecular complexity index is 805. The number of hydrogen-bond acceptors (Lipinski definition) is 4. The molecule has 2 rings (SSSR count). The maximum Gasteiger partial charge on any atom is 0.246 e. The van der Waals surface area contributed by atoms with Crippen LogP contribution < -0.4 is 19.7 Å². The Morgan fingerprint density at radius 2 is 1.78 bits per heavy atom. The van der Waals surface area contributed by atoms with Crippen LogP contribution >= 0.6 is 0 Å². The molecule has 0 saturated heterocycles. The van der Waals surface area contributed by atoms with Crippen molar-refractivity contribution < 1.29 is 19.1 Å². The van der Waals surface area contributed by atoms with Crippen molar-refractivity contribution in [2.24, 2.45) is 0 Å². The Morgan fingerprint density at radius 3 is 2.41 bits per heavy atom. The maximum absolute atomic E-state index is 12.5. The minimum atomic E-state index is -0.226. The van der Waals surface area contributed by atoms with Crippen LogP contribution in [0.15, 0.2) is 42.5 Å². The van der Waals surface area contributed by atoms with Crippen LogP contribution in [-0.4, -0.2) is 39.1 Å². The van der Waals surface area contributed by atoms with Crippen LogP contribution in [0.1, 0.15) is 18.1 Å². The van der Waals surface area contributed by atoms with E-state index in [4.69, 9.17) is 9.47 Å². The van der Waals surface area contributed by atoms with Gasteiger partial charge >= 0.3 is 0 Å². The minimum absolute atomic E-state index is 0.0477. The molecule has 0 bridgehead atoms. The van der Waals surface area contributed by atoms with E-state index in [0.717, 1.165) is 16.8 Å². The van der Waals surface area contributed by atoms with E-state index < -0.39 is 0 Å². The Kier molecular flexibility index (Phi) is 7.23. The van der Waals surface area contributed by atoms with Gasteiger partial charge in [-0.25, -0.2) is 0 Å². The number of likely N-dealkylation sites (N-methyl/N-ethyl adjacent to an activating group) is 1. The lowest BCUT2D eigenvalue weighted by molar-refractivity contribution is -0.124. The van der Waals surface area contributed by atoms with Gasteiger partial charge in [-0.2, -0.15) is 0 Å². The fourth-order valence-corrected chi connectivity index (χ4v) is 2.81. The number of carbonyl (C=O) groups is 2. The SMILES string of the molecule is CCN(C(=O)CNC(=O)Cc1ccc(OC)c(OC)c1)c1cccc(C)c1. The molecule has 144 valence electrons. The van der Waals surface area contributed by atoms with Crippen molar-refractivity contribution in [3.8, 4) is 11.5 Å². The van der Waals surface area contributed by atoms with Gasteiger partial charge in [0.05, 0.1) is 27.2 Å². The highest BCUT2D eigenvalue weighted by molar-refractivity contribution is 5.96. The highest BCUT2D eigenvalue weighted by atomic mass is 16.5. The van der Waals surface area contributed by atoms with Gasteiger partial charge in [-0.05, 0) is 49.2 Å². The lowest BCUT2D eigenvalue weighted by atomic mass is 10.1. The molecule has 27 heavy (non-hydrogen) atoms. The molecule has 0 heterocycles. The predicted molar refractivity (Wildman–Crippen MR) is 105 cm³/mol. The molecule has 6 nitrogen and oxygen atoms in total. The van der Waals surface area contributed by atoms with Gasteiger partial charge in [0.1, 0.15) is 0 Å². The first kappa shape index (κ1) is 20.3. The first-order chi connectivity index (χ1) is 13.0. The number of nitrogens with one attached hydrogen (secondary N) is 1. The van der Waals surface area contributed by atoms with E-state index in [1.54, 1.807) is 37.3 Å². The summed E-state index contributed by atoms with van der Waals surface area (Å²) in [6.45, 7) is 4.38. The molecule has 0 radical (unpaired) electrons. The normalized spacial score (nSPS) is 10.2. The van der Waals surface area contributed by atoms with Crippen LogP contribution in [0, 0.1) is 6.92 Å². The molecule has 2 aromatic carbocycles. The van der Waals surface area contributed by atoms with E-state index in [1.807, 2.05) is 38.1 Å². The molecule has 0 unspecified atom stereocenters. The zero-order valence-corrected chi connectivity index (χ0v) is 16.2. The molecule has 2 amide bonds. The third-order valence-electron chi connectivity index (χ3n) is 4.18. The quantitative estimate of drug-likeness (QED) is 0.776. The standard InChI is InChI=1S/C21H26N2O4/c1-5-23(17-8-6-7-15(2)11-17)21(25)14-22-20(24)13-16-9-10-18(26-3)19(12-16)27-4/h6-12H,5,13-14H2,1-4H3,(H,22,24). The Labute approximate surface area is 160 Å². The topological polar surface area (TPSA) is 67.9 Å². The summed E-state index contributed by atoms with van der Waals surface area (Å²) < 4.78 is 10.4. The lowest BCUT2D eigenvalue weighted by Gasteiger charge is -2.21. The number of anilines is 1. The summed E-state index contributed by atoms with van der Waals surface area (Å²) in [4.78, 5) is 26.4. The summed E-state index contributed by atoms with van der Waals surface area (Å²) in [6.07, 6.45) is 0.157. The van der Waals surface area contributed by atoms with Crippen LogP contribution in [0.2, 0.25) is 0 Å². The zero-order chi connectivity index (χ0) is 19.8. The zero-order valence-electron chi connectivity index (χ0n) is 16.2. The van der Waals surface area contributed by atoms with Gasteiger partial charge in [-0.15, -0.1) is 0 Å². The van der Waals surface area contributed by atoms with Gasteiger partial charge < -0.3 is 19.7 Å². The van der Waals surface area contributed by atoms with Crippen LogP contribution in [0.3, 0.4) is 0 Å². The number of ether oxygens (including phenoxy) is 2. The number of carbonyl (C=O) groups excluding carboxylic acids is 2. The van der Waals surface area contributed by atoms with Crippen LogP contribution in [0.4, 0.5) is 5.69 Å². The average Bonchev–Trinajstić information content (AvgIpc) is 2.67. The fraction of sp³-hybridized carbons (Fsp3) is 0.333. The molecule has 1 N–H and O–H groups in total. The molecule has 0 atom stereocenters. The van der Waals surface area contributed by atoms with E-state index in [1.165, 1.54) is 0 Å². The summed E-state index contributed by atoms with van der Waals surface area (Å²) in [5.74, 6) is 0.795. The number of methoxy groups -OCH3 is 2. The van der Waals surface area contributed by atoms with Gasteiger partial charge in [0.15, 0.2) is 11.5 Å². The van der Waals surface area contributed by atoms with Gasteiger partial charge in [-0.3, -0.25) is 9.59 Å². The predicted octanol–water partition coefficient (Wildman–Crippen LogP) is 2.72. The molecule has 2 aromatic rings. The highest BCUT2D eigenvalue weighted by Crippen LogP contribution is 2.27. The van der Waals surface area contributed by atoms with Crippen molar-refractivity contribution >= 4 is 17.5 Å². The Morgan fingerprint density at radius 1 is 1.04 bits per heavy atom. The van der Waals surface area contributed by atoms with Gasteiger partial charge in [-0.1, -0.05) is 18.2 Å². The van der Waals surface area contributed by atoms with E-state index in [2.05, 4.69) is 5.32 Å². The molecule has 0 spiro atoms. The second kappa shape index (κ2) is 9.62. The van der Waals surface area contributed by atoms with Gasteiger partial charge in [0.2, 0.25) is 11.8 Å². The molecule has 0 aliphatic rings. The second-order valence-electron chi connectivity index (χ2n) is 6.12. The Hall–Kier alpha value is -3.02. The number of benzene rings is 2. The van der Waals surface area contributed by atoms with Crippen molar-refractivity contribution in [1.82, 2.24) is 5.32 Å². The fourth-order valence-electron chi connectivity index (χ4n) is 2.81.